The Morgan fingerprint density at radius 1 is 1.11 bits per heavy atom. The van der Waals surface area contributed by atoms with Crippen LogP contribution in [0.1, 0.15) is 44.6 Å². The number of carbonyl (C=O) groups is 2. The first-order valence-electron chi connectivity index (χ1n) is 10.2. The maximum atomic E-state index is 13.3. The fourth-order valence-electron chi connectivity index (χ4n) is 6.99. The molecule has 5 heteroatoms. The van der Waals surface area contributed by atoms with Gasteiger partial charge in [-0.25, -0.2) is 4.79 Å². The Balaban J connectivity index is 1.46. The van der Waals surface area contributed by atoms with Crippen molar-refractivity contribution in [3.63, 3.8) is 0 Å². The molecule has 27 heavy (non-hydrogen) atoms. The van der Waals surface area contributed by atoms with Crippen molar-refractivity contribution in [2.75, 3.05) is 13.6 Å². The zero-order chi connectivity index (χ0) is 19.0. The van der Waals surface area contributed by atoms with Crippen molar-refractivity contribution in [1.82, 2.24) is 9.80 Å². The van der Waals surface area contributed by atoms with E-state index in [2.05, 4.69) is 24.0 Å². The fraction of sp³-hybridized carbons (Fsp3) is 0.636. The lowest BCUT2D eigenvalue weighted by Crippen LogP contribution is -2.61. The highest BCUT2D eigenvalue weighted by atomic mass is 16.4. The molecule has 1 N–H and O–H groups in total. The molecule has 1 aliphatic heterocycles. The lowest BCUT2D eigenvalue weighted by molar-refractivity contribution is -0.170. The lowest BCUT2D eigenvalue weighted by atomic mass is 9.47. The number of aliphatic carboxylic acids is 1. The van der Waals surface area contributed by atoms with Crippen LogP contribution in [0.25, 0.3) is 0 Å². The number of carboxylic acids is 1. The molecule has 3 atom stereocenters. The van der Waals surface area contributed by atoms with Crippen molar-refractivity contribution in [3.8, 4) is 0 Å². The Labute approximate surface area is 160 Å². The molecule has 1 aromatic rings. The highest BCUT2D eigenvalue weighted by molar-refractivity contribution is 5.79. The van der Waals surface area contributed by atoms with Gasteiger partial charge in [-0.15, -0.1) is 0 Å². The first-order valence-corrected chi connectivity index (χ1v) is 10.2. The summed E-state index contributed by atoms with van der Waals surface area (Å²) in [5, 5.41) is 9.87. The Hall–Kier alpha value is -2.04. The van der Waals surface area contributed by atoms with Gasteiger partial charge >= 0.3 is 12.0 Å². The van der Waals surface area contributed by atoms with Gasteiger partial charge in [-0.3, -0.25) is 4.79 Å². The third-order valence-electron chi connectivity index (χ3n) is 8.18. The summed E-state index contributed by atoms with van der Waals surface area (Å²) >= 11 is 0. The van der Waals surface area contributed by atoms with E-state index in [9.17, 15) is 14.7 Å². The van der Waals surface area contributed by atoms with Crippen molar-refractivity contribution in [2.24, 2.45) is 23.2 Å². The van der Waals surface area contributed by atoms with E-state index in [0.717, 1.165) is 37.7 Å². The molecule has 5 nitrogen and oxygen atoms in total. The summed E-state index contributed by atoms with van der Waals surface area (Å²) < 4.78 is 0. The lowest BCUT2D eigenvalue weighted by Gasteiger charge is -2.59. The second kappa shape index (κ2) is 5.49. The van der Waals surface area contributed by atoms with E-state index in [1.54, 1.807) is 0 Å². The first kappa shape index (κ1) is 17.1. The number of amides is 2. The maximum Gasteiger partial charge on any atom is 0.320 e. The highest BCUT2D eigenvalue weighted by Gasteiger charge is 2.62. The molecular formula is C22H28N2O3. The number of benzene rings is 1. The van der Waals surface area contributed by atoms with E-state index in [4.69, 9.17) is 0 Å². The molecule has 0 radical (unpaired) electrons. The SMILES string of the molecule is CN1C(=O)N(C2C3CC4CC2CC(C(=O)O)(C4)C3)CC1(C)c1ccccc1. The van der Waals surface area contributed by atoms with E-state index >= 15 is 0 Å². The number of rotatable bonds is 3. The Morgan fingerprint density at radius 3 is 2.33 bits per heavy atom. The average molecular weight is 368 g/mol. The van der Waals surface area contributed by atoms with E-state index in [1.807, 2.05) is 30.1 Å². The minimum atomic E-state index is -0.612. The number of hydrogen-bond donors (Lipinski definition) is 1. The third kappa shape index (κ3) is 2.23. The number of likely N-dealkylation sites (N-methyl/N-ethyl adjacent to an activating group) is 1. The molecule has 3 unspecified atom stereocenters. The van der Waals surface area contributed by atoms with E-state index < -0.39 is 11.4 Å². The number of carboxylic acid groups (broad SMARTS) is 1. The zero-order valence-corrected chi connectivity index (χ0v) is 16.1. The van der Waals surface area contributed by atoms with Crippen LogP contribution in [-0.4, -0.2) is 46.5 Å². The van der Waals surface area contributed by atoms with E-state index in [-0.39, 0.29) is 17.6 Å². The van der Waals surface area contributed by atoms with Crippen molar-refractivity contribution >= 4 is 12.0 Å². The van der Waals surface area contributed by atoms with Crippen LogP contribution in [0.2, 0.25) is 0 Å². The van der Waals surface area contributed by atoms with Gasteiger partial charge in [-0.05, 0) is 62.3 Å². The second-order valence-corrected chi connectivity index (χ2v) is 9.66. The molecule has 0 aromatic heterocycles. The summed E-state index contributed by atoms with van der Waals surface area (Å²) in [5.41, 5.74) is 0.302. The quantitative estimate of drug-likeness (QED) is 0.888. The molecular weight excluding hydrogens is 340 g/mol. The molecule has 1 saturated heterocycles. The fourth-order valence-corrected chi connectivity index (χ4v) is 6.99. The van der Waals surface area contributed by atoms with Crippen LogP contribution in [0.4, 0.5) is 4.79 Å². The maximum absolute atomic E-state index is 13.3. The van der Waals surface area contributed by atoms with Crippen LogP contribution in [0, 0.1) is 23.2 Å². The molecule has 0 spiro atoms. The normalized spacial score (nSPS) is 42.8. The van der Waals surface area contributed by atoms with Crippen molar-refractivity contribution in [1.29, 1.82) is 0 Å². The minimum Gasteiger partial charge on any atom is -0.481 e. The molecule has 4 aliphatic carbocycles. The predicted octanol–water partition coefficient (Wildman–Crippen LogP) is 3.55. The molecule has 4 saturated carbocycles. The van der Waals surface area contributed by atoms with Gasteiger partial charge in [-0.2, -0.15) is 0 Å². The summed E-state index contributed by atoms with van der Waals surface area (Å²) in [4.78, 5) is 29.2. The number of hydrogen-bond acceptors (Lipinski definition) is 2. The summed E-state index contributed by atoms with van der Waals surface area (Å²) in [7, 11) is 1.91. The number of carbonyl (C=O) groups excluding carboxylic acids is 1. The Bertz CT molecular complexity index is 778. The molecule has 5 fully saturated rings. The van der Waals surface area contributed by atoms with Crippen molar-refractivity contribution < 1.29 is 14.7 Å². The van der Waals surface area contributed by atoms with Gasteiger partial charge in [0.2, 0.25) is 0 Å². The van der Waals surface area contributed by atoms with E-state index in [0.29, 0.717) is 24.3 Å². The van der Waals surface area contributed by atoms with Crippen LogP contribution in [0.5, 0.6) is 0 Å². The predicted molar refractivity (Wildman–Crippen MR) is 101 cm³/mol. The van der Waals surface area contributed by atoms with Gasteiger partial charge < -0.3 is 14.9 Å². The molecule has 6 rings (SSSR count). The monoisotopic (exact) mass is 368 g/mol. The summed E-state index contributed by atoms with van der Waals surface area (Å²) in [6, 6.07) is 10.6. The van der Waals surface area contributed by atoms with Crippen molar-refractivity contribution in [3.05, 3.63) is 35.9 Å². The summed E-state index contributed by atoms with van der Waals surface area (Å²) in [5.74, 6) is 0.593. The Kier molecular flexibility index (Phi) is 3.47. The van der Waals surface area contributed by atoms with Crippen LogP contribution < -0.4 is 0 Å². The van der Waals surface area contributed by atoms with Crippen LogP contribution in [-0.2, 0) is 10.3 Å². The second-order valence-electron chi connectivity index (χ2n) is 9.66. The number of urea groups is 1. The first-order chi connectivity index (χ1) is 12.8. The molecule has 2 amide bonds. The van der Waals surface area contributed by atoms with Gasteiger partial charge in [0.1, 0.15) is 0 Å². The van der Waals surface area contributed by atoms with Gasteiger partial charge in [0.05, 0.1) is 17.5 Å². The molecule has 144 valence electrons. The smallest absolute Gasteiger partial charge is 0.320 e. The largest absolute Gasteiger partial charge is 0.481 e. The molecule has 5 aliphatic rings. The average Bonchev–Trinajstić information content (AvgIpc) is 2.87. The van der Waals surface area contributed by atoms with E-state index in [1.165, 1.54) is 0 Å². The molecule has 4 bridgehead atoms. The summed E-state index contributed by atoms with van der Waals surface area (Å²) in [6.07, 6.45) is 4.51. The van der Waals surface area contributed by atoms with Crippen LogP contribution in [0.15, 0.2) is 30.3 Å². The van der Waals surface area contributed by atoms with Gasteiger partial charge in [0.15, 0.2) is 0 Å². The zero-order valence-electron chi connectivity index (χ0n) is 16.1. The minimum absolute atomic E-state index is 0.100. The van der Waals surface area contributed by atoms with Crippen molar-refractivity contribution in [2.45, 2.75) is 50.6 Å². The molecule has 1 heterocycles. The van der Waals surface area contributed by atoms with Gasteiger partial charge in [0, 0.05) is 13.1 Å². The molecule has 1 aromatic carbocycles. The van der Waals surface area contributed by atoms with Crippen LogP contribution in [0.3, 0.4) is 0 Å². The highest BCUT2D eigenvalue weighted by Crippen LogP contribution is 2.61. The topological polar surface area (TPSA) is 60.9 Å². The number of nitrogens with zero attached hydrogens (tertiary/aromatic N) is 2. The summed E-state index contributed by atoms with van der Waals surface area (Å²) in [6.45, 7) is 2.84. The Morgan fingerprint density at radius 2 is 1.74 bits per heavy atom. The van der Waals surface area contributed by atoms with Gasteiger partial charge in [-0.1, -0.05) is 30.3 Å². The van der Waals surface area contributed by atoms with Crippen LogP contribution >= 0.6 is 0 Å². The third-order valence-corrected chi connectivity index (χ3v) is 8.18. The van der Waals surface area contributed by atoms with Gasteiger partial charge in [0.25, 0.3) is 0 Å². The standard InChI is InChI=1S/C22H28N2O3/c1-21(17-6-4-3-5-7-17)13-24(20(27)23(21)2)18-15-8-14-9-16(18)12-22(10-14,11-15)19(25)26/h3-7,14-16,18H,8-13H2,1-2H3,(H,25,26).